The van der Waals surface area contributed by atoms with Crippen molar-refractivity contribution >= 4 is 17.8 Å². The number of rotatable bonds is 3. The summed E-state index contributed by atoms with van der Waals surface area (Å²) in [5, 5.41) is 0.486. The maximum absolute atomic E-state index is 12.1. The number of nitrogens with zero attached hydrogens (tertiary/aromatic N) is 3. The summed E-state index contributed by atoms with van der Waals surface area (Å²) in [6.45, 7) is 1.56. The van der Waals surface area contributed by atoms with Gasteiger partial charge in [-0.3, -0.25) is 19.6 Å². The first-order chi connectivity index (χ1) is 10.6. The molecule has 1 unspecified atom stereocenters. The van der Waals surface area contributed by atoms with Crippen molar-refractivity contribution < 1.29 is 19.2 Å². The molecule has 1 aliphatic heterocycles. The average Bonchev–Trinajstić information content (AvgIpc) is 2.80. The van der Waals surface area contributed by atoms with E-state index in [1.807, 2.05) is 0 Å². The van der Waals surface area contributed by atoms with E-state index in [9.17, 15) is 14.4 Å². The molecule has 0 spiro atoms. The monoisotopic (exact) mass is 297 g/mol. The molecule has 1 atom stereocenters. The summed E-state index contributed by atoms with van der Waals surface area (Å²) in [4.78, 5) is 49.1. The minimum Gasteiger partial charge on any atom is -0.329 e. The minimum atomic E-state index is -0.755. The number of aromatic nitrogens is 2. The molecule has 0 N–H and O–H groups in total. The number of hydroxylamine groups is 2. The molecule has 0 saturated carbocycles. The number of hydrogen-bond donors (Lipinski definition) is 0. The normalized spacial score (nSPS) is 14.7. The van der Waals surface area contributed by atoms with Crippen LogP contribution in [0.1, 0.15) is 39.3 Å². The Morgan fingerprint density at radius 1 is 1.14 bits per heavy atom. The van der Waals surface area contributed by atoms with Crippen LogP contribution in [0.3, 0.4) is 0 Å². The van der Waals surface area contributed by atoms with Gasteiger partial charge in [-0.15, -0.1) is 0 Å². The number of carbonyl (C=O) groups excluding carboxylic acids is 3. The number of hydrogen-bond acceptors (Lipinski definition) is 6. The van der Waals surface area contributed by atoms with Gasteiger partial charge in [0, 0.05) is 18.6 Å². The van der Waals surface area contributed by atoms with Crippen LogP contribution in [-0.4, -0.2) is 32.8 Å². The molecule has 0 fully saturated rings. The highest BCUT2D eigenvalue weighted by molar-refractivity contribution is 6.20. The van der Waals surface area contributed by atoms with Crippen molar-refractivity contribution in [2.24, 2.45) is 0 Å². The molecular formula is C15H11N3O4. The highest BCUT2D eigenvalue weighted by atomic mass is 16.7. The third-order valence-electron chi connectivity index (χ3n) is 3.32. The van der Waals surface area contributed by atoms with Crippen molar-refractivity contribution in [2.45, 2.75) is 12.8 Å². The van der Waals surface area contributed by atoms with Gasteiger partial charge in [0.2, 0.25) is 0 Å². The Labute approximate surface area is 125 Å². The van der Waals surface area contributed by atoms with Crippen molar-refractivity contribution in [1.29, 1.82) is 0 Å². The zero-order valence-electron chi connectivity index (χ0n) is 11.6. The van der Waals surface area contributed by atoms with E-state index in [-0.39, 0.29) is 11.1 Å². The molecule has 0 bridgehead atoms. The lowest BCUT2D eigenvalue weighted by Crippen LogP contribution is -2.34. The lowest BCUT2D eigenvalue weighted by Gasteiger charge is -2.15. The Hall–Kier alpha value is -3.09. The Bertz CT molecular complexity index is 725. The third-order valence-corrected chi connectivity index (χ3v) is 3.32. The maximum atomic E-state index is 12.1. The Balaban J connectivity index is 1.79. The highest BCUT2D eigenvalue weighted by Gasteiger charge is 2.39. The molecule has 2 amide bonds. The largest absolute Gasteiger partial charge is 0.341 e. The van der Waals surface area contributed by atoms with E-state index in [1.165, 1.54) is 30.7 Å². The number of fused-ring (bicyclic) bond motifs is 1. The standard InChI is InChI=1S/C15H11N3O4/c1-9(12-8-16-6-7-17-12)15(21)22-18-13(19)10-4-2-3-5-11(10)14(18)20/h2-9H,1H3. The van der Waals surface area contributed by atoms with Crippen molar-refractivity contribution in [3.63, 3.8) is 0 Å². The van der Waals surface area contributed by atoms with Gasteiger partial charge in [-0.2, -0.15) is 0 Å². The quantitative estimate of drug-likeness (QED) is 0.794. The molecule has 0 saturated heterocycles. The van der Waals surface area contributed by atoms with Gasteiger partial charge in [-0.25, -0.2) is 4.79 Å². The van der Waals surface area contributed by atoms with E-state index in [4.69, 9.17) is 4.84 Å². The lowest BCUT2D eigenvalue weighted by atomic mass is 10.1. The first kappa shape index (κ1) is 13.9. The van der Waals surface area contributed by atoms with Gasteiger partial charge < -0.3 is 4.84 Å². The van der Waals surface area contributed by atoms with E-state index in [0.717, 1.165) is 0 Å². The molecule has 22 heavy (non-hydrogen) atoms. The molecule has 3 rings (SSSR count). The highest BCUT2D eigenvalue weighted by Crippen LogP contribution is 2.24. The molecule has 2 aromatic rings. The van der Waals surface area contributed by atoms with Crippen LogP contribution in [0.25, 0.3) is 0 Å². The van der Waals surface area contributed by atoms with E-state index >= 15 is 0 Å². The summed E-state index contributed by atoms with van der Waals surface area (Å²) in [5.41, 5.74) is 0.823. The fraction of sp³-hybridized carbons (Fsp3) is 0.133. The van der Waals surface area contributed by atoms with Gasteiger partial charge in [-0.1, -0.05) is 17.2 Å². The van der Waals surface area contributed by atoms with Crippen LogP contribution < -0.4 is 0 Å². The van der Waals surface area contributed by atoms with Crippen LogP contribution in [0, 0.1) is 0 Å². The summed E-state index contributed by atoms with van der Waals surface area (Å²) < 4.78 is 0. The summed E-state index contributed by atoms with van der Waals surface area (Å²) in [5.74, 6) is -2.81. The zero-order chi connectivity index (χ0) is 15.7. The van der Waals surface area contributed by atoms with Crippen LogP contribution in [0.2, 0.25) is 0 Å². The minimum absolute atomic E-state index is 0.215. The van der Waals surface area contributed by atoms with Crippen molar-refractivity contribution in [3.05, 3.63) is 59.7 Å². The summed E-state index contributed by atoms with van der Waals surface area (Å²) in [6.07, 6.45) is 4.35. The molecule has 7 nitrogen and oxygen atoms in total. The number of benzene rings is 1. The topological polar surface area (TPSA) is 89.5 Å². The summed E-state index contributed by atoms with van der Waals surface area (Å²) in [6, 6.07) is 6.29. The molecule has 110 valence electrons. The average molecular weight is 297 g/mol. The molecule has 7 heteroatoms. The number of carbonyl (C=O) groups is 3. The Morgan fingerprint density at radius 2 is 1.77 bits per heavy atom. The van der Waals surface area contributed by atoms with Crippen LogP contribution in [0.5, 0.6) is 0 Å². The first-order valence-corrected chi connectivity index (χ1v) is 6.55. The van der Waals surface area contributed by atoms with Crippen molar-refractivity contribution in [1.82, 2.24) is 15.0 Å². The van der Waals surface area contributed by atoms with Gasteiger partial charge in [0.05, 0.1) is 16.8 Å². The van der Waals surface area contributed by atoms with Crippen LogP contribution in [-0.2, 0) is 9.63 Å². The predicted octanol–water partition coefficient (Wildman–Crippen LogP) is 1.33. The summed E-state index contributed by atoms with van der Waals surface area (Å²) >= 11 is 0. The van der Waals surface area contributed by atoms with Crippen LogP contribution in [0.15, 0.2) is 42.9 Å². The number of amides is 2. The van der Waals surface area contributed by atoms with Crippen molar-refractivity contribution in [3.8, 4) is 0 Å². The van der Waals surface area contributed by atoms with Gasteiger partial charge in [-0.05, 0) is 19.1 Å². The van der Waals surface area contributed by atoms with Gasteiger partial charge in [0.25, 0.3) is 11.8 Å². The third kappa shape index (κ3) is 2.22. The summed E-state index contributed by atoms with van der Waals surface area (Å²) in [7, 11) is 0. The fourth-order valence-corrected chi connectivity index (χ4v) is 2.07. The van der Waals surface area contributed by atoms with E-state index in [0.29, 0.717) is 10.8 Å². The molecule has 1 aromatic heterocycles. The van der Waals surface area contributed by atoms with Crippen molar-refractivity contribution in [2.75, 3.05) is 0 Å². The second-order valence-corrected chi connectivity index (χ2v) is 4.71. The van der Waals surface area contributed by atoms with E-state index < -0.39 is 23.7 Å². The van der Waals surface area contributed by atoms with E-state index in [1.54, 1.807) is 19.1 Å². The molecule has 0 radical (unpaired) electrons. The molecule has 1 aromatic carbocycles. The molecule has 2 heterocycles. The Morgan fingerprint density at radius 3 is 2.32 bits per heavy atom. The smallest absolute Gasteiger partial charge is 0.329 e. The second kappa shape index (κ2) is 5.36. The number of imide groups is 1. The first-order valence-electron chi connectivity index (χ1n) is 6.55. The molecular weight excluding hydrogens is 286 g/mol. The Kier molecular flexibility index (Phi) is 3.38. The fourth-order valence-electron chi connectivity index (χ4n) is 2.07. The molecule has 0 aliphatic carbocycles. The SMILES string of the molecule is CC(C(=O)ON1C(=O)c2ccccc2C1=O)c1cnccn1. The van der Waals surface area contributed by atoms with Gasteiger partial charge in [0.15, 0.2) is 0 Å². The lowest BCUT2D eigenvalue weighted by molar-refractivity contribution is -0.170. The van der Waals surface area contributed by atoms with Gasteiger partial charge >= 0.3 is 5.97 Å². The van der Waals surface area contributed by atoms with Gasteiger partial charge in [0.1, 0.15) is 5.92 Å². The van der Waals surface area contributed by atoms with E-state index in [2.05, 4.69) is 9.97 Å². The van der Waals surface area contributed by atoms with Crippen LogP contribution in [0.4, 0.5) is 0 Å². The zero-order valence-corrected chi connectivity index (χ0v) is 11.6. The van der Waals surface area contributed by atoms with Crippen LogP contribution >= 0.6 is 0 Å². The predicted molar refractivity (Wildman–Crippen MR) is 73.5 cm³/mol. The maximum Gasteiger partial charge on any atom is 0.341 e. The second-order valence-electron chi connectivity index (χ2n) is 4.71. The molecule has 1 aliphatic rings.